The van der Waals surface area contributed by atoms with Gasteiger partial charge in [-0.25, -0.2) is 4.98 Å². The molecule has 34 heavy (non-hydrogen) atoms. The van der Waals surface area contributed by atoms with E-state index in [-0.39, 0.29) is 18.4 Å². The second-order valence-corrected chi connectivity index (χ2v) is 8.25. The zero-order chi connectivity index (χ0) is 23.9. The smallest absolute Gasteiger partial charge is 0.251 e. The van der Waals surface area contributed by atoms with Crippen molar-refractivity contribution in [1.82, 2.24) is 14.9 Å². The van der Waals surface area contributed by atoms with Gasteiger partial charge in [-0.05, 0) is 56.2 Å². The van der Waals surface area contributed by atoms with Crippen LogP contribution in [-0.4, -0.2) is 34.5 Å². The van der Waals surface area contributed by atoms with E-state index in [4.69, 9.17) is 4.98 Å². The summed E-state index contributed by atoms with van der Waals surface area (Å²) in [6.45, 7) is 5.26. The van der Waals surface area contributed by atoms with E-state index in [1.807, 2.05) is 97.3 Å². The predicted molar refractivity (Wildman–Crippen MR) is 136 cm³/mol. The van der Waals surface area contributed by atoms with Crippen molar-refractivity contribution in [2.24, 2.45) is 0 Å². The highest BCUT2D eigenvalue weighted by molar-refractivity contribution is 5.95. The molecule has 4 rings (SSSR count). The van der Waals surface area contributed by atoms with Crippen LogP contribution < -0.4 is 10.2 Å². The number of hydrogen-bond acceptors (Lipinski definition) is 3. The molecule has 0 atom stereocenters. The molecule has 3 aromatic carbocycles. The average molecular weight is 455 g/mol. The molecule has 0 saturated carbocycles. The summed E-state index contributed by atoms with van der Waals surface area (Å²) >= 11 is 0. The SMILES string of the molecule is CCN(C(=O)Cn1c(CCCNC(=O)c2ccccc2C)nc2ccccc21)c1ccccc1. The van der Waals surface area contributed by atoms with Gasteiger partial charge in [0, 0.05) is 30.8 Å². The minimum atomic E-state index is -0.0665. The van der Waals surface area contributed by atoms with Crippen LogP contribution in [0.2, 0.25) is 0 Å². The van der Waals surface area contributed by atoms with Crippen molar-refractivity contribution in [1.29, 1.82) is 0 Å². The Morgan fingerprint density at radius 1 is 0.941 bits per heavy atom. The lowest BCUT2D eigenvalue weighted by Crippen LogP contribution is -2.34. The third-order valence-corrected chi connectivity index (χ3v) is 5.96. The van der Waals surface area contributed by atoms with Crippen LogP contribution in [0.4, 0.5) is 5.69 Å². The molecule has 1 N–H and O–H groups in total. The van der Waals surface area contributed by atoms with Crippen molar-refractivity contribution in [3.05, 3.63) is 95.8 Å². The van der Waals surface area contributed by atoms with Crippen LogP contribution in [0.25, 0.3) is 11.0 Å². The zero-order valence-electron chi connectivity index (χ0n) is 19.7. The number of rotatable bonds is 9. The quantitative estimate of drug-likeness (QED) is 0.371. The molecular formula is C28H30N4O2. The molecule has 0 bridgehead atoms. The van der Waals surface area contributed by atoms with Crippen molar-refractivity contribution < 1.29 is 9.59 Å². The normalized spacial score (nSPS) is 10.9. The van der Waals surface area contributed by atoms with E-state index in [1.54, 1.807) is 4.90 Å². The van der Waals surface area contributed by atoms with Gasteiger partial charge in [0.05, 0.1) is 11.0 Å². The maximum atomic E-state index is 13.3. The number of aryl methyl sites for hydroxylation is 2. The number of nitrogens with zero attached hydrogens (tertiary/aromatic N) is 3. The van der Waals surface area contributed by atoms with Crippen molar-refractivity contribution in [3.8, 4) is 0 Å². The number of anilines is 1. The standard InChI is InChI=1S/C28H30N4O2/c1-3-31(22-13-5-4-6-14-22)27(33)20-32-25-17-10-9-16-24(25)30-26(32)18-11-19-29-28(34)23-15-8-7-12-21(23)2/h4-10,12-17H,3,11,18-20H2,1-2H3,(H,29,34). The van der Waals surface area contributed by atoms with Crippen molar-refractivity contribution in [2.75, 3.05) is 18.0 Å². The zero-order valence-corrected chi connectivity index (χ0v) is 19.7. The molecule has 0 unspecified atom stereocenters. The number of aromatic nitrogens is 2. The molecule has 0 spiro atoms. The molecule has 0 fully saturated rings. The van der Waals surface area contributed by atoms with Gasteiger partial charge in [0.15, 0.2) is 0 Å². The van der Waals surface area contributed by atoms with E-state index >= 15 is 0 Å². The molecule has 0 saturated heterocycles. The van der Waals surface area contributed by atoms with Crippen LogP contribution >= 0.6 is 0 Å². The molecule has 174 valence electrons. The topological polar surface area (TPSA) is 67.2 Å². The molecule has 6 nitrogen and oxygen atoms in total. The molecule has 4 aromatic rings. The lowest BCUT2D eigenvalue weighted by molar-refractivity contribution is -0.119. The first-order valence-electron chi connectivity index (χ1n) is 11.7. The summed E-state index contributed by atoms with van der Waals surface area (Å²) in [6.07, 6.45) is 1.39. The van der Waals surface area contributed by atoms with E-state index in [0.29, 0.717) is 25.1 Å². The average Bonchev–Trinajstić information content (AvgIpc) is 3.20. The summed E-state index contributed by atoms with van der Waals surface area (Å²) in [5, 5.41) is 3.00. The number of benzene rings is 3. The minimum absolute atomic E-state index is 0.0194. The number of para-hydroxylation sites is 3. The molecule has 0 radical (unpaired) electrons. The fourth-order valence-electron chi connectivity index (χ4n) is 4.20. The van der Waals surface area contributed by atoms with Gasteiger partial charge in [-0.2, -0.15) is 0 Å². The fraction of sp³-hybridized carbons (Fsp3) is 0.250. The molecule has 0 aliphatic heterocycles. The Morgan fingerprint density at radius 2 is 1.65 bits per heavy atom. The number of likely N-dealkylation sites (N-methyl/N-ethyl adjacent to an activating group) is 1. The monoisotopic (exact) mass is 454 g/mol. The van der Waals surface area contributed by atoms with Crippen molar-refractivity contribution in [3.63, 3.8) is 0 Å². The number of fused-ring (bicyclic) bond motifs is 1. The van der Waals surface area contributed by atoms with E-state index in [0.717, 1.165) is 34.5 Å². The second kappa shape index (κ2) is 10.8. The molecule has 0 aliphatic rings. The van der Waals surface area contributed by atoms with Crippen LogP contribution in [0.1, 0.15) is 35.1 Å². The number of amides is 2. The second-order valence-electron chi connectivity index (χ2n) is 8.25. The highest BCUT2D eigenvalue weighted by atomic mass is 16.2. The summed E-state index contributed by atoms with van der Waals surface area (Å²) in [4.78, 5) is 32.3. The van der Waals surface area contributed by atoms with Gasteiger partial charge < -0.3 is 14.8 Å². The Kier molecular flexibility index (Phi) is 7.38. The molecule has 1 aromatic heterocycles. The highest BCUT2D eigenvalue weighted by Gasteiger charge is 2.18. The Labute approximate surface area is 200 Å². The predicted octanol–water partition coefficient (Wildman–Crippen LogP) is 4.76. The molecule has 2 amide bonds. The lowest BCUT2D eigenvalue weighted by Gasteiger charge is -2.22. The Balaban J connectivity index is 1.46. The van der Waals surface area contributed by atoms with Crippen molar-refractivity contribution in [2.45, 2.75) is 33.2 Å². The van der Waals surface area contributed by atoms with Crippen LogP contribution in [0.3, 0.4) is 0 Å². The Bertz CT molecular complexity index is 1280. The summed E-state index contributed by atoms with van der Waals surface area (Å²) in [5.41, 5.74) is 4.36. The van der Waals surface area contributed by atoms with Crippen LogP contribution in [0.15, 0.2) is 78.9 Å². The summed E-state index contributed by atoms with van der Waals surface area (Å²) in [7, 11) is 0. The van der Waals surface area contributed by atoms with Gasteiger partial charge in [-0.3, -0.25) is 9.59 Å². The first-order chi connectivity index (χ1) is 16.6. The maximum absolute atomic E-state index is 13.3. The number of nitrogens with one attached hydrogen (secondary N) is 1. The highest BCUT2D eigenvalue weighted by Crippen LogP contribution is 2.19. The number of hydrogen-bond donors (Lipinski definition) is 1. The number of carbonyl (C=O) groups excluding carboxylic acids is 2. The van der Waals surface area contributed by atoms with E-state index in [2.05, 4.69) is 5.32 Å². The van der Waals surface area contributed by atoms with Crippen LogP contribution in [0.5, 0.6) is 0 Å². The first kappa shape index (κ1) is 23.2. The number of imidazole rings is 1. The van der Waals surface area contributed by atoms with Gasteiger partial charge in [0.1, 0.15) is 12.4 Å². The molecular weight excluding hydrogens is 424 g/mol. The largest absolute Gasteiger partial charge is 0.352 e. The van der Waals surface area contributed by atoms with Gasteiger partial charge in [-0.1, -0.05) is 48.5 Å². The first-order valence-corrected chi connectivity index (χ1v) is 11.7. The van der Waals surface area contributed by atoms with Gasteiger partial charge >= 0.3 is 0 Å². The lowest BCUT2D eigenvalue weighted by atomic mass is 10.1. The van der Waals surface area contributed by atoms with E-state index in [9.17, 15) is 9.59 Å². The molecule has 0 aliphatic carbocycles. The Hall–Kier alpha value is -3.93. The van der Waals surface area contributed by atoms with Gasteiger partial charge in [0.2, 0.25) is 5.91 Å². The van der Waals surface area contributed by atoms with Gasteiger partial charge in [-0.15, -0.1) is 0 Å². The van der Waals surface area contributed by atoms with Crippen LogP contribution in [0, 0.1) is 6.92 Å². The fourth-order valence-corrected chi connectivity index (χ4v) is 4.20. The maximum Gasteiger partial charge on any atom is 0.251 e. The number of carbonyl (C=O) groups is 2. The Morgan fingerprint density at radius 3 is 2.41 bits per heavy atom. The molecule has 6 heteroatoms. The minimum Gasteiger partial charge on any atom is -0.352 e. The third-order valence-electron chi connectivity index (χ3n) is 5.96. The van der Waals surface area contributed by atoms with Crippen LogP contribution in [-0.2, 0) is 17.8 Å². The molecule has 1 heterocycles. The van der Waals surface area contributed by atoms with E-state index in [1.165, 1.54) is 0 Å². The third kappa shape index (κ3) is 5.17. The summed E-state index contributed by atoms with van der Waals surface area (Å²) < 4.78 is 2.01. The van der Waals surface area contributed by atoms with E-state index < -0.39 is 0 Å². The van der Waals surface area contributed by atoms with Crippen molar-refractivity contribution >= 4 is 28.5 Å². The summed E-state index contributed by atoms with van der Waals surface area (Å²) in [6, 6.07) is 25.2. The summed E-state index contributed by atoms with van der Waals surface area (Å²) in [5.74, 6) is 0.804. The van der Waals surface area contributed by atoms with Gasteiger partial charge in [0.25, 0.3) is 5.91 Å².